The van der Waals surface area contributed by atoms with E-state index in [9.17, 15) is 4.39 Å². The molecule has 0 N–H and O–H groups in total. The molecular formula is C8H20FNOSi2. The largest absolute Gasteiger partial charge is 0.533 e. The molecule has 0 heterocycles. The van der Waals surface area contributed by atoms with Gasteiger partial charge >= 0.3 is 0 Å². The average Bonchev–Trinajstić information content (AvgIpc) is 1.79. The molecule has 0 aliphatic heterocycles. The van der Waals surface area contributed by atoms with Gasteiger partial charge in [-0.3, -0.25) is 4.66 Å². The molecule has 78 valence electrons. The van der Waals surface area contributed by atoms with E-state index in [0.717, 1.165) is 0 Å². The van der Waals surface area contributed by atoms with Crippen molar-refractivity contribution in [1.82, 2.24) is 0 Å². The molecule has 0 saturated heterocycles. The van der Waals surface area contributed by atoms with Gasteiger partial charge in [-0.15, -0.1) is 0 Å². The normalized spacial score (nSPS) is 14.5. The van der Waals surface area contributed by atoms with Gasteiger partial charge in [-0.2, -0.15) is 0 Å². The molecule has 0 fully saturated rings. The molecule has 13 heavy (non-hydrogen) atoms. The maximum Gasteiger partial charge on any atom is 0.243 e. The fourth-order valence-electron chi connectivity index (χ4n) is 0.808. The van der Waals surface area contributed by atoms with Gasteiger partial charge in [-0.1, -0.05) is 0 Å². The van der Waals surface area contributed by atoms with Crippen LogP contribution in [0.5, 0.6) is 0 Å². The third kappa shape index (κ3) is 8.17. The predicted molar refractivity (Wildman–Crippen MR) is 61.2 cm³/mol. The Hall–Kier alpha value is -0.166. The Bertz CT molecular complexity index is 193. The molecule has 0 bridgehead atoms. The van der Waals surface area contributed by atoms with E-state index in [1.165, 1.54) is 0 Å². The van der Waals surface area contributed by atoms with Gasteiger partial charge in [-0.05, 0) is 39.3 Å². The van der Waals surface area contributed by atoms with Crippen molar-refractivity contribution in [3.05, 3.63) is 0 Å². The molecule has 0 amide bonds. The van der Waals surface area contributed by atoms with Crippen molar-refractivity contribution in [2.45, 2.75) is 39.3 Å². The minimum absolute atomic E-state index is 0.304. The Kier molecular flexibility index (Phi) is 4.31. The van der Waals surface area contributed by atoms with Gasteiger partial charge < -0.3 is 4.43 Å². The molecule has 5 heteroatoms. The van der Waals surface area contributed by atoms with Crippen molar-refractivity contribution in [3.8, 4) is 0 Å². The minimum Gasteiger partial charge on any atom is -0.533 e. The maximum absolute atomic E-state index is 12.5. The first-order valence-corrected chi connectivity index (χ1v) is 11.3. The van der Waals surface area contributed by atoms with E-state index in [4.69, 9.17) is 4.43 Å². The van der Waals surface area contributed by atoms with Crippen LogP contribution in [0.1, 0.15) is 0 Å². The fraction of sp³-hybridized carbons (Fsp3) is 0.875. The van der Waals surface area contributed by atoms with Gasteiger partial charge in [0.15, 0.2) is 20.8 Å². The van der Waals surface area contributed by atoms with Crippen LogP contribution in [0, 0.1) is 0 Å². The van der Waals surface area contributed by atoms with Crippen molar-refractivity contribution >= 4 is 22.5 Å². The lowest BCUT2D eigenvalue weighted by atomic mass is 10.8. The van der Waals surface area contributed by atoms with Crippen LogP contribution < -0.4 is 0 Å². The Morgan fingerprint density at radius 1 is 1.15 bits per heavy atom. The van der Waals surface area contributed by atoms with E-state index in [2.05, 4.69) is 24.3 Å². The van der Waals surface area contributed by atoms with Crippen LogP contribution in [-0.2, 0) is 4.43 Å². The smallest absolute Gasteiger partial charge is 0.243 e. The number of rotatable bonds is 3. The number of hydrogen-bond acceptors (Lipinski definition) is 2. The molecule has 0 spiro atoms. The second-order valence-electron chi connectivity index (χ2n) is 5.02. The Labute approximate surface area is 82.4 Å². The first-order valence-electron chi connectivity index (χ1n) is 4.48. The van der Waals surface area contributed by atoms with E-state index in [0.29, 0.717) is 5.90 Å². The van der Waals surface area contributed by atoms with Crippen LogP contribution in [0.25, 0.3) is 0 Å². The third-order valence-electron chi connectivity index (χ3n) is 0.998. The zero-order chi connectivity index (χ0) is 10.7. The zero-order valence-electron chi connectivity index (χ0n) is 9.44. The van der Waals surface area contributed by atoms with Crippen molar-refractivity contribution in [2.24, 2.45) is 4.66 Å². The van der Waals surface area contributed by atoms with Crippen molar-refractivity contribution in [2.75, 3.05) is 6.67 Å². The molecule has 0 radical (unpaired) electrons. The first kappa shape index (κ1) is 12.8. The Morgan fingerprint density at radius 2 is 1.62 bits per heavy atom. The van der Waals surface area contributed by atoms with Gasteiger partial charge in [0, 0.05) is 0 Å². The summed E-state index contributed by atoms with van der Waals surface area (Å²) in [5, 5.41) is 0. The lowest BCUT2D eigenvalue weighted by Gasteiger charge is -2.21. The highest BCUT2D eigenvalue weighted by molar-refractivity contribution is 6.76. The summed E-state index contributed by atoms with van der Waals surface area (Å²) < 4.78 is 22.3. The summed E-state index contributed by atoms with van der Waals surface area (Å²) in [6.45, 7) is 11.7. The quantitative estimate of drug-likeness (QED) is 0.408. The highest BCUT2D eigenvalue weighted by atomic mass is 28.4. The molecule has 0 aromatic carbocycles. The number of halogens is 1. The van der Waals surface area contributed by atoms with E-state index >= 15 is 0 Å². The van der Waals surface area contributed by atoms with E-state index in [1.54, 1.807) is 0 Å². The topological polar surface area (TPSA) is 21.6 Å². The van der Waals surface area contributed by atoms with Gasteiger partial charge in [0.2, 0.25) is 8.32 Å². The highest BCUT2D eigenvalue weighted by Gasteiger charge is 2.21. The van der Waals surface area contributed by atoms with Crippen LogP contribution in [0.4, 0.5) is 4.39 Å². The maximum atomic E-state index is 12.5. The standard InChI is InChI=1S/C8H20FNOSi2/c1-12(2,3)10-8(7-9)11-13(4,5)6/h7H2,1-6H3/b10-8+. The first-order chi connectivity index (χ1) is 5.64. The molecule has 0 saturated carbocycles. The van der Waals surface area contributed by atoms with Crippen LogP contribution >= 0.6 is 0 Å². The zero-order valence-corrected chi connectivity index (χ0v) is 11.4. The SMILES string of the molecule is C[Si](C)(C)/N=C(\CF)O[Si](C)(C)C. The van der Waals surface area contributed by atoms with Crippen molar-refractivity contribution < 1.29 is 8.82 Å². The summed E-state index contributed by atoms with van der Waals surface area (Å²) in [5.74, 6) is 0.304. The van der Waals surface area contributed by atoms with Gasteiger partial charge in [0.25, 0.3) is 0 Å². The molecule has 0 aromatic heterocycles. The number of alkyl halides is 1. The molecule has 0 aromatic rings. The summed E-state index contributed by atoms with van der Waals surface area (Å²) in [6.07, 6.45) is 0. The molecule has 0 aliphatic rings. The van der Waals surface area contributed by atoms with Crippen LogP contribution in [0.15, 0.2) is 4.66 Å². The van der Waals surface area contributed by atoms with Crippen LogP contribution in [-0.4, -0.2) is 29.1 Å². The third-order valence-corrected chi connectivity index (χ3v) is 2.77. The van der Waals surface area contributed by atoms with Crippen LogP contribution in [0.2, 0.25) is 39.3 Å². The van der Waals surface area contributed by atoms with Crippen molar-refractivity contribution in [1.29, 1.82) is 0 Å². The van der Waals surface area contributed by atoms with E-state index in [-0.39, 0.29) is 0 Å². The predicted octanol–water partition coefficient (Wildman–Crippen LogP) is 3.04. The highest BCUT2D eigenvalue weighted by Crippen LogP contribution is 2.08. The fourth-order valence-corrected chi connectivity index (χ4v) is 2.56. The Balaban J connectivity index is 4.45. The molecule has 0 unspecified atom stereocenters. The van der Waals surface area contributed by atoms with Gasteiger partial charge in [0.1, 0.15) is 0 Å². The molecule has 0 rings (SSSR count). The number of nitrogens with zero attached hydrogens (tertiary/aromatic N) is 1. The summed E-state index contributed by atoms with van der Waals surface area (Å²) in [5.41, 5.74) is 0. The van der Waals surface area contributed by atoms with E-state index in [1.807, 2.05) is 19.6 Å². The average molecular weight is 221 g/mol. The molecular weight excluding hydrogens is 201 g/mol. The number of hydrogen-bond donors (Lipinski definition) is 0. The monoisotopic (exact) mass is 221 g/mol. The second kappa shape index (κ2) is 4.37. The molecule has 0 atom stereocenters. The molecule has 2 nitrogen and oxygen atoms in total. The lowest BCUT2D eigenvalue weighted by Crippen LogP contribution is -2.32. The van der Waals surface area contributed by atoms with Gasteiger partial charge in [0.05, 0.1) is 0 Å². The Morgan fingerprint density at radius 3 is 1.85 bits per heavy atom. The lowest BCUT2D eigenvalue weighted by molar-refractivity contribution is 0.475. The van der Waals surface area contributed by atoms with Crippen molar-refractivity contribution in [3.63, 3.8) is 0 Å². The molecule has 0 aliphatic carbocycles. The minimum atomic E-state index is -1.69. The van der Waals surface area contributed by atoms with Crippen LogP contribution in [0.3, 0.4) is 0 Å². The summed E-state index contributed by atoms with van der Waals surface area (Å²) in [4.78, 5) is 0. The summed E-state index contributed by atoms with van der Waals surface area (Å²) in [6, 6.07) is 0. The summed E-state index contributed by atoms with van der Waals surface area (Å²) in [7, 11) is -3.29. The van der Waals surface area contributed by atoms with Gasteiger partial charge in [-0.25, -0.2) is 4.39 Å². The summed E-state index contributed by atoms with van der Waals surface area (Å²) >= 11 is 0. The second-order valence-corrected chi connectivity index (χ2v) is 14.0. The van der Waals surface area contributed by atoms with E-state index < -0.39 is 23.2 Å².